The third-order valence-electron chi connectivity index (χ3n) is 1.82. The number of carbonyl (C=O) groups is 1. The number of furan rings is 1. The second-order valence-corrected chi connectivity index (χ2v) is 2.64. The van der Waals surface area contributed by atoms with Crippen molar-refractivity contribution >= 4 is 16.9 Å². The van der Waals surface area contributed by atoms with Crippen molar-refractivity contribution < 1.29 is 14.3 Å². The minimum atomic E-state index is -0.692. The highest BCUT2D eigenvalue weighted by atomic mass is 16.5. The van der Waals surface area contributed by atoms with Crippen LogP contribution >= 0.6 is 0 Å². The maximum atomic E-state index is 10.9. The number of primary amides is 1. The molecule has 3 N–H and O–H groups in total. The molecule has 0 saturated heterocycles. The molecule has 0 saturated carbocycles. The van der Waals surface area contributed by atoms with Gasteiger partial charge in [-0.25, -0.2) is 0 Å². The van der Waals surface area contributed by atoms with Crippen molar-refractivity contribution in [3.05, 3.63) is 29.8 Å². The van der Waals surface area contributed by atoms with Gasteiger partial charge in [0.1, 0.15) is 11.1 Å². The molecule has 1 amide bonds. The van der Waals surface area contributed by atoms with Crippen molar-refractivity contribution in [1.29, 1.82) is 0 Å². The van der Waals surface area contributed by atoms with Gasteiger partial charge >= 0.3 is 0 Å². The van der Waals surface area contributed by atoms with Gasteiger partial charge in [-0.2, -0.15) is 0 Å². The molecule has 0 spiro atoms. The van der Waals surface area contributed by atoms with Gasteiger partial charge in [0.25, 0.3) is 11.9 Å². The Hall–Kier alpha value is -1.97. The fraction of sp³-hybridized carbons (Fsp3) is 0. The zero-order valence-electron chi connectivity index (χ0n) is 6.65. The van der Waals surface area contributed by atoms with Gasteiger partial charge in [0, 0.05) is 5.39 Å². The van der Waals surface area contributed by atoms with Crippen LogP contribution in [0.4, 0.5) is 0 Å². The summed E-state index contributed by atoms with van der Waals surface area (Å²) in [4.78, 5) is 10.9. The van der Waals surface area contributed by atoms with Crippen LogP contribution in [0.2, 0.25) is 0 Å². The molecule has 1 aromatic carbocycles. The van der Waals surface area contributed by atoms with E-state index in [4.69, 9.17) is 10.2 Å². The average Bonchev–Trinajstić information content (AvgIpc) is 2.39. The van der Waals surface area contributed by atoms with Crippen LogP contribution in [0.1, 0.15) is 10.4 Å². The number of hydrogen-bond donors (Lipinski definition) is 2. The molecule has 13 heavy (non-hydrogen) atoms. The monoisotopic (exact) mass is 177 g/mol. The quantitative estimate of drug-likeness (QED) is 0.687. The lowest BCUT2D eigenvalue weighted by atomic mass is 10.1. The van der Waals surface area contributed by atoms with E-state index >= 15 is 0 Å². The summed E-state index contributed by atoms with van der Waals surface area (Å²) in [5.74, 6) is -1.11. The summed E-state index contributed by atoms with van der Waals surface area (Å²) >= 11 is 0. The summed E-state index contributed by atoms with van der Waals surface area (Å²) in [6.45, 7) is 0. The first-order valence-electron chi connectivity index (χ1n) is 3.70. The van der Waals surface area contributed by atoms with E-state index in [2.05, 4.69) is 0 Å². The predicted octanol–water partition coefficient (Wildman–Crippen LogP) is 1.24. The van der Waals surface area contributed by atoms with E-state index in [9.17, 15) is 9.90 Å². The SMILES string of the molecule is NC(=O)c1c(O)oc2ccccc12. The largest absolute Gasteiger partial charge is 0.480 e. The first-order valence-corrected chi connectivity index (χ1v) is 3.70. The third kappa shape index (κ3) is 1.03. The fourth-order valence-corrected chi connectivity index (χ4v) is 1.27. The van der Waals surface area contributed by atoms with E-state index in [0.29, 0.717) is 11.0 Å². The number of hydrogen-bond acceptors (Lipinski definition) is 3. The Morgan fingerprint density at radius 2 is 2.08 bits per heavy atom. The molecule has 4 heteroatoms. The summed E-state index contributed by atoms with van der Waals surface area (Å²) in [5, 5.41) is 9.77. The smallest absolute Gasteiger partial charge is 0.296 e. The number of rotatable bonds is 1. The number of para-hydroxylation sites is 1. The fourth-order valence-electron chi connectivity index (χ4n) is 1.27. The molecule has 0 aliphatic heterocycles. The van der Waals surface area contributed by atoms with Crippen molar-refractivity contribution in [3.8, 4) is 5.95 Å². The average molecular weight is 177 g/mol. The van der Waals surface area contributed by atoms with Crippen LogP contribution in [-0.4, -0.2) is 11.0 Å². The molecule has 0 unspecified atom stereocenters. The van der Waals surface area contributed by atoms with E-state index < -0.39 is 11.9 Å². The van der Waals surface area contributed by atoms with E-state index in [-0.39, 0.29) is 5.56 Å². The highest BCUT2D eigenvalue weighted by Gasteiger charge is 2.17. The van der Waals surface area contributed by atoms with Gasteiger partial charge in [-0.05, 0) is 6.07 Å². The Balaban J connectivity index is 2.86. The Morgan fingerprint density at radius 1 is 1.38 bits per heavy atom. The Labute approximate surface area is 73.6 Å². The second kappa shape index (κ2) is 2.52. The number of aromatic hydroxyl groups is 1. The Kier molecular flexibility index (Phi) is 1.48. The van der Waals surface area contributed by atoms with E-state index in [1.165, 1.54) is 0 Å². The minimum Gasteiger partial charge on any atom is -0.480 e. The minimum absolute atomic E-state index is 0.0376. The van der Waals surface area contributed by atoms with Crippen LogP contribution in [-0.2, 0) is 0 Å². The molecule has 0 atom stereocenters. The predicted molar refractivity (Wildman–Crippen MR) is 46.4 cm³/mol. The number of amides is 1. The molecule has 0 fully saturated rings. The van der Waals surface area contributed by atoms with E-state index in [1.807, 2.05) is 0 Å². The lowest BCUT2D eigenvalue weighted by Gasteiger charge is -1.89. The topological polar surface area (TPSA) is 76.5 Å². The molecule has 0 aliphatic rings. The summed E-state index contributed by atoms with van der Waals surface area (Å²) in [5.41, 5.74) is 5.56. The molecule has 2 aromatic rings. The molecule has 1 aromatic heterocycles. The first kappa shape index (κ1) is 7.67. The van der Waals surface area contributed by atoms with Crippen LogP contribution in [0.25, 0.3) is 11.0 Å². The van der Waals surface area contributed by atoms with Crippen molar-refractivity contribution in [2.24, 2.45) is 5.73 Å². The lowest BCUT2D eigenvalue weighted by molar-refractivity contribution is 0.0997. The maximum absolute atomic E-state index is 10.9. The highest BCUT2D eigenvalue weighted by Crippen LogP contribution is 2.29. The van der Waals surface area contributed by atoms with Gasteiger partial charge in [-0.15, -0.1) is 0 Å². The highest BCUT2D eigenvalue weighted by molar-refractivity contribution is 6.07. The first-order chi connectivity index (χ1) is 6.20. The van der Waals surface area contributed by atoms with Crippen LogP contribution in [0, 0.1) is 0 Å². The molecular formula is C9H7NO3. The molecule has 4 nitrogen and oxygen atoms in total. The zero-order chi connectivity index (χ0) is 9.42. The molecule has 1 heterocycles. The normalized spacial score (nSPS) is 10.5. The third-order valence-corrected chi connectivity index (χ3v) is 1.82. The van der Waals surface area contributed by atoms with Gasteiger partial charge in [0.2, 0.25) is 0 Å². The summed E-state index contributed by atoms with van der Waals surface area (Å²) in [7, 11) is 0. The van der Waals surface area contributed by atoms with E-state index in [0.717, 1.165) is 0 Å². The molecule has 66 valence electrons. The van der Waals surface area contributed by atoms with Crippen molar-refractivity contribution in [2.45, 2.75) is 0 Å². The number of fused-ring (bicyclic) bond motifs is 1. The summed E-state index contributed by atoms with van der Waals surface area (Å²) < 4.78 is 4.92. The van der Waals surface area contributed by atoms with E-state index in [1.54, 1.807) is 24.3 Å². The van der Waals surface area contributed by atoms with Crippen LogP contribution in [0.5, 0.6) is 5.95 Å². The number of nitrogens with two attached hydrogens (primary N) is 1. The van der Waals surface area contributed by atoms with Gasteiger partial charge in [0.05, 0.1) is 0 Å². The molecule has 0 aliphatic carbocycles. The molecule has 2 rings (SSSR count). The summed E-state index contributed by atoms with van der Waals surface area (Å²) in [6.07, 6.45) is 0. The van der Waals surface area contributed by atoms with Crippen molar-refractivity contribution in [3.63, 3.8) is 0 Å². The standard InChI is InChI=1S/C9H7NO3/c10-8(11)7-5-3-1-2-4-6(5)13-9(7)12/h1-4,12H,(H2,10,11). The summed E-state index contributed by atoms with van der Waals surface area (Å²) in [6, 6.07) is 6.81. The van der Waals surface area contributed by atoms with Crippen LogP contribution in [0.15, 0.2) is 28.7 Å². The molecule has 0 radical (unpaired) electrons. The lowest BCUT2D eigenvalue weighted by Crippen LogP contribution is -2.10. The van der Waals surface area contributed by atoms with Crippen molar-refractivity contribution in [1.82, 2.24) is 0 Å². The second-order valence-electron chi connectivity index (χ2n) is 2.64. The van der Waals surface area contributed by atoms with Gasteiger partial charge in [-0.1, -0.05) is 18.2 Å². The maximum Gasteiger partial charge on any atom is 0.296 e. The number of carbonyl (C=O) groups excluding carboxylic acids is 1. The molecule has 0 bridgehead atoms. The van der Waals surface area contributed by atoms with Gasteiger partial charge in [-0.3, -0.25) is 4.79 Å². The van der Waals surface area contributed by atoms with Crippen LogP contribution in [0.3, 0.4) is 0 Å². The Bertz CT molecular complexity index is 473. The van der Waals surface area contributed by atoms with Crippen molar-refractivity contribution in [2.75, 3.05) is 0 Å². The number of benzene rings is 1. The van der Waals surface area contributed by atoms with Crippen LogP contribution < -0.4 is 5.73 Å². The zero-order valence-corrected chi connectivity index (χ0v) is 6.65. The Morgan fingerprint density at radius 3 is 2.77 bits per heavy atom. The molecular weight excluding hydrogens is 170 g/mol. The van der Waals surface area contributed by atoms with Gasteiger partial charge < -0.3 is 15.3 Å². The van der Waals surface area contributed by atoms with Gasteiger partial charge in [0.15, 0.2) is 0 Å².